The lowest BCUT2D eigenvalue weighted by atomic mass is 10.0. The van der Waals surface area contributed by atoms with Crippen molar-refractivity contribution in [3.63, 3.8) is 0 Å². The molecule has 0 saturated carbocycles. The lowest BCUT2D eigenvalue weighted by Crippen LogP contribution is -2.42. The Balaban J connectivity index is 1.56. The first kappa shape index (κ1) is 27.7. The number of rotatable bonds is 9. The van der Waals surface area contributed by atoms with Crippen LogP contribution in [0.2, 0.25) is 0 Å². The molecule has 1 saturated heterocycles. The van der Waals surface area contributed by atoms with E-state index in [0.29, 0.717) is 18.1 Å². The van der Waals surface area contributed by atoms with Gasteiger partial charge in [0.15, 0.2) is 0 Å². The Morgan fingerprint density at radius 1 is 1.25 bits per heavy atom. The van der Waals surface area contributed by atoms with E-state index in [4.69, 9.17) is 0 Å². The van der Waals surface area contributed by atoms with E-state index in [9.17, 15) is 14.7 Å². The van der Waals surface area contributed by atoms with Gasteiger partial charge >= 0.3 is 0 Å². The van der Waals surface area contributed by atoms with Crippen LogP contribution in [0.1, 0.15) is 50.5 Å². The number of nitrogens with zero attached hydrogens (tertiary/aromatic N) is 4. The molecular weight excluding hydrogens is 456 g/mol. The Labute approximate surface area is 215 Å². The number of carbonyl (C=O) groups is 2. The summed E-state index contributed by atoms with van der Waals surface area (Å²) in [5, 5.41) is 16.9. The van der Waals surface area contributed by atoms with Gasteiger partial charge < -0.3 is 25.5 Å². The SMILES string of the molecule is C/C=C\C1=C(C)CN(C[C@@H](O)CNC(=O)c2cc(NC3CCN(C(C)=O)CC3)cc(N(C)C)n2)CC1. The van der Waals surface area contributed by atoms with Crippen LogP contribution < -0.4 is 15.5 Å². The van der Waals surface area contributed by atoms with Crippen molar-refractivity contribution < 1.29 is 14.7 Å². The van der Waals surface area contributed by atoms with Crippen LogP contribution in [0.25, 0.3) is 0 Å². The topological polar surface area (TPSA) is 101 Å². The summed E-state index contributed by atoms with van der Waals surface area (Å²) < 4.78 is 0. The molecule has 3 N–H and O–H groups in total. The number of anilines is 2. The second kappa shape index (κ2) is 12.9. The predicted octanol–water partition coefficient (Wildman–Crippen LogP) is 2.26. The average molecular weight is 499 g/mol. The van der Waals surface area contributed by atoms with E-state index in [0.717, 1.165) is 51.1 Å². The molecule has 3 heterocycles. The zero-order valence-corrected chi connectivity index (χ0v) is 22.4. The molecule has 9 nitrogen and oxygen atoms in total. The van der Waals surface area contributed by atoms with Crippen molar-refractivity contribution >= 4 is 23.3 Å². The Kier molecular flexibility index (Phi) is 9.89. The number of pyridine rings is 1. The molecule has 1 aromatic heterocycles. The smallest absolute Gasteiger partial charge is 0.270 e. The first-order valence-electron chi connectivity index (χ1n) is 12.9. The lowest BCUT2D eigenvalue weighted by molar-refractivity contribution is -0.129. The number of allylic oxidation sites excluding steroid dienone is 2. The number of aliphatic hydroxyl groups excluding tert-OH is 1. The van der Waals surface area contributed by atoms with E-state index in [2.05, 4.69) is 39.6 Å². The summed E-state index contributed by atoms with van der Waals surface area (Å²) in [6, 6.07) is 3.91. The predicted molar refractivity (Wildman–Crippen MR) is 144 cm³/mol. The van der Waals surface area contributed by atoms with Crippen molar-refractivity contribution in [3.05, 3.63) is 41.1 Å². The van der Waals surface area contributed by atoms with Gasteiger partial charge in [-0.3, -0.25) is 14.5 Å². The van der Waals surface area contributed by atoms with E-state index in [-0.39, 0.29) is 24.4 Å². The summed E-state index contributed by atoms with van der Waals surface area (Å²) in [6.07, 6.45) is 6.25. The fourth-order valence-corrected chi connectivity index (χ4v) is 4.77. The average Bonchev–Trinajstić information content (AvgIpc) is 2.84. The normalized spacial score (nSPS) is 18.4. The zero-order chi connectivity index (χ0) is 26.2. The molecule has 1 atom stereocenters. The lowest BCUT2D eigenvalue weighted by Gasteiger charge is -2.32. The second-order valence-corrected chi connectivity index (χ2v) is 10.1. The van der Waals surface area contributed by atoms with Gasteiger partial charge in [0.1, 0.15) is 11.5 Å². The minimum Gasteiger partial charge on any atom is -0.390 e. The molecule has 0 aromatic carbocycles. The number of hydrogen-bond donors (Lipinski definition) is 3. The number of amides is 2. The molecular formula is C27H42N6O3. The fraction of sp³-hybridized carbons (Fsp3) is 0.593. The number of β-amino-alcohol motifs (C(OH)–C–C–N with tert-alkyl or cyclic N) is 1. The molecule has 0 spiro atoms. The van der Waals surface area contributed by atoms with E-state index in [1.54, 1.807) is 13.0 Å². The van der Waals surface area contributed by atoms with Crippen molar-refractivity contribution in [3.8, 4) is 0 Å². The van der Waals surface area contributed by atoms with Gasteiger partial charge in [-0.15, -0.1) is 0 Å². The summed E-state index contributed by atoms with van der Waals surface area (Å²) in [5.74, 6) is 0.482. The zero-order valence-electron chi connectivity index (χ0n) is 22.4. The van der Waals surface area contributed by atoms with Crippen LogP contribution in [0, 0.1) is 0 Å². The highest BCUT2D eigenvalue weighted by Crippen LogP contribution is 2.22. The van der Waals surface area contributed by atoms with Crippen LogP contribution in [0.4, 0.5) is 11.5 Å². The molecule has 9 heteroatoms. The molecule has 198 valence electrons. The Morgan fingerprint density at radius 2 is 1.97 bits per heavy atom. The molecule has 0 radical (unpaired) electrons. The number of carbonyl (C=O) groups excluding carboxylic acids is 2. The van der Waals surface area contributed by atoms with Crippen molar-refractivity contribution in [2.24, 2.45) is 0 Å². The summed E-state index contributed by atoms with van der Waals surface area (Å²) in [5.41, 5.74) is 3.84. The van der Waals surface area contributed by atoms with E-state index in [1.165, 1.54) is 11.1 Å². The maximum Gasteiger partial charge on any atom is 0.270 e. The minimum absolute atomic E-state index is 0.110. The minimum atomic E-state index is -0.661. The maximum absolute atomic E-state index is 12.9. The van der Waals surface area contributed by atoms with Gasteiger partial charge in [0.2, 0.25) is 5.91 Å². The monoisotopic (exact) mass is 498 g/mol. The van der Waals surface area contributed by atoms with Gasteiger partial charge in [-0.05, 0) is 44.7 Å². The molecule has 3 rings (SSSR count). The standard InChI is InChI=1S/C27H42N6O3/c1-6-7-21-8-11-32(17-19(21)2)18-24(35)16-28-27(36)25-14-23(15-26(30-25)31(4)5)29-22-9-12-33(13-10-22)20(3)34/h6-7,14-15,22,24,35H,8-13,16-18H2,1-5H3,(H,28,36)(H,29,30)/b7-6-/t24-/m0/s1. The third-order valence-corrected chi connectivity index (χ3v) is 6.86. The van der Waals surface area contributed by atoms with Crippen LogP contribution in [-0.4, -0.2) is 97.2 Å². The molecule has 2 aliphatic rings. The van der Waals surface area contributed by atoms with Crippen molar-refractivity contribution in [2.45, 2.75) is 52.2 Å². The van der Waals surface area contributed by atoms with E-state index in [1.807, 2.05) is 36.9 Å². The van der Waals surface area contributed by atoms with Gasteiger partial charge in [0, 0.05) is 78.1 Å². The number of likely N-dealkylation sites (tertiary alicyclic amines) is 1. The first-order chi connectivity index (χ1) is 17.2. The molecule has 2 amide bonds. The maximum atomic E-state index is 12.9. The number of hydrogen-bond acceptors (Lipinski definition) is 7. The van der Waals surface area contributed by atoms with E-state index < -0.39 is 6.10 Å². The first-order valence-corrected chi connectivity index (χ1v) is 12.9. The van der Waals surface area contributed by atoms with Crippen molar-refractivity contribution in [1.82, 2.24) is 20.1 Å². The highest BCUT2D eigenvalue weighted by atomic mass is 16.3. The van der Waals surface area contributed by atoms with Gasteiger partial charge in [0.25, 0.3) is 5.91 Å². The largest absolute Gasteiger partial charge is 0.390 e. The second-order valence-electron chi connectivity index (χ2n) is 10.1. The number of aliphatic hydroxyl groups is 1. The van der Waals surface area contributed by atoms with Gasteiger partial charge in [0.05, 0.1) is 6.10 Å². The van der Waals surface area contributed by atoms with Crippen LogP contribution in [0.5, 0.6) is 0 Å². The summed E-state index contributed by atoms with van der Waals surface area (Å²) in [6.45, 7) is 9.63. The van der Waals surface area contributed by atoms with Gasteiger partial charge in [-0.25, -0.2) is 4.98 Å². The number of aromatic nitrogens is 1. The third-order valence-electron chi connectivity index (χ3n) is 6.86. The summed E-state index contributed by atoms with van der Waals surface area (Å²) in [4.78, 5) is 35.0. The number of piperidine rings is 1. The quantitative estimate of drug-likeness (QED) is 0.480. The molecule has 0 unspecified atom stereocenters. The molecule has 2 aliphatic heterocycles. The van der Waals surface area contributed by atoms with E-state index >= 15 is 0 Å². The molecule has 1 aromatic rings. The summed E-state index contributed by atoms with van der Waals surface area (Å²) >= 11 is 0. The van der Waals surface area contributed by atoms with Crippen LogP contribution >= 0.6 is 0 Å². The fourth-order valence-electron chi connectivity index (χ4n) is 4.77. The summed E-state index contributed by atoms with van der Waals surface area (Å²) in [7, 11) is 3.78. The molecule has 36 heavy (non-hydrogen) atoms. The van der Waals surface area contributed by atoms with Crippen molar-refractivity contribution in [1.29, 1.82) is 0 Å². The third kappa shape index (κ3) is 7.80. The Morgan fingerprint density at radius 3 is 2.58 bits per heavy atom. The highest BCUT2D eigenvalue weighted by Gasteiger charge is 2.22. The highest BCUT2D eigenvalue weighted by molar-refractivity contribution is 5.93. The Hall–Kier alpha value is -2.91. The molecule has 0 bridgehead atoms. The van der Waals surface area contributed by atoms with Crippen molar-refractivity contribution in [2.75, 3.05) is 63.6 Å². The van der Waals surface area contributed by atoms with Crippen LogP contribution in [0.15, 0.2) is 35.4 Å². The van der Waals surface area contributed by atoms with Crippen LogP contribution in [-0.2, 0) is 4.79 Å². The molecule has 1 fully saturated rings. The van der Waals surface area contributed by atoms with Gasteiger partial charge in [-0.2, -0.15) is 0 Å². The number of nitrogens with one attached hydrogen (secondary N) is 2. The Bertz CT molecular complexity index is 982. The molecule has 0 aliphatic carbocycles. The van der Waals surface area contributed by atoms with Crippen LogP contribution in [0.3, 0.4) is 0 Å². The van der Waals surface area contributed by atoms with Gasteiger partial charge in [-0.1, -0.05) is 17.7 Å².